The third-order valence-electron chi connectivity index (χ3n) is 12.5. The van der Waals surface area contributed by atoms with Gasteiger partial charge in [0.25, 0.3) is 11.8 Å². The number of carbonyl (C=O) groups excluding carboxylic acids is 2. The Morgan fingerprint density at radius 1 is 0.680 bits per heavy atom. The second-order valence-electron chi connectivity index (χ2n) is 18.9. The van der Waals surface area contributed by atoms with Crippen molar-refractivity contribution in [3.8, 4) is 28.6 Å². The van der Waals surface area contributed by atoms with Gasteiger partial charge in [0.1, 0.15) is 21.5 Å². The second-order valence-corrected chi connectivity index (χ2v) is 20.4. The summed E-state index contributed by atoms with van der Waals surface area (Å²) >= 11 is 24.7. The number of benzene rings is 4. The van der Waals surface area contributed by atoms with Crippen LogP contribution in [0.2, 0.25) is 20.1 Å². The van der Waals surface area contributed by atoms with Crippen LogP contribution in [-0.4, -0.2) is 75.3 Å². The number of aromatic amines is 2. The van der Waals surface area contributed by atoms with Gasteiger partial charge >= 0.3 is 0 Å². The molecule has 0 saturated heterocycles. The molecular formula is C56H68Cl4N10O5. The van der Waals surface area contributed by atoms with E-state index in [-0.39, 0.29) is 34.2 Å². The van der Waals surface area contributed by atoms with Crippen LogP contribution >= 0.6 is 46.4 Å². The van der Waals surface area contributed by atoms with E-state index in [9.17, 15) is 14.7 Å². The van der Waals surface area contributed by atoms with Crippen LogP contribution in [0.3, 0.4) is 0 Å². The monoisotopic (exact) mass is 1100 g/mol. The number of aromatic hydroxyl groups is 1. The van der Waals surface area contributed by atoms with E-state index in [1.807, 2.05) is 117 Å². The van der Waals surface area contributed by atoms with Gasteiger partial charge in [-0.3, -0.25) is 19.8 Å². The number of amides is 2. The molecule has 0 saturated carbocycles. The van der Waals surface area contributed by atoms with E-state index in [4.69, 9.17) is 55.9 Å². The van der Waals surface area contributed by atoms with Crippen molar-refractivity contribution in [2.75, 3.05) is 11.9 Å². The van der Waals surface area contributed by atoms with Crippen LogP contribution in [0.15, 0.2) is 66.7 Å². The Balaban J connectivity index is 0.000000191. The Labute approximate surface area is 459 Å². The number of anilines is 1. The second kappa shape index (κ2) is 26.5. The average molecular weight is 1100 g/mol. The van der Waals surface area contributed by atoms with Crippen molar-refractivity contribution in [1.29, 1.82) is 0 Å². The van der Waals surface area contributed by atoms with Gasteiger partial charge in [0, 0.05) is 23.0 Å². The Hall–Kier alpha value is -6.26. The van der Waals surface area contributed by atoms with Gasteiger partial charge in [-0.25, -0.2) is 9.97 Å². The topological polar surface area (TPSA) is 189 Å². The molecule has 19 heteroatoms. The molecule has 4 aromatic heterocycles. The number of nitrogens with one attached hydrogen (secondary N) is 4. The van der Waals surface area contributed by atoms with Crippen LogP contribution in [0.25, 0.3) is 22.7 Å². The number of fused-ring (bicyclic) bond motifs is 2. The lowest BCUT2D eigenvalue weighted by atomic mass is 10.1. The maximum atomic E-state index is 13.0. The Morgan fingerprint density at radius 2 is 1.24 bits per heavy atom. The number of rotatable bonds is 18. The molecule has 0 fully saturated rings. The third kappa shape index (κ3) is 14.8. The van der Waals surface area contributed by atoms with E-state index in [2.05, 4.69) is 60.9 Å². The smallest absolute Gasteiger partial charge is 0.265 e. The van der Waals surface area contributed by atoms with Gasteiger partial charge in [0.15, 0.2) is 40.9 Å². The van der Waals surface area contributed by atoms with Crippen LogP contribution < -0.4 is 20.1 Å². The lowest BCUT2D eigenvalue weighted by molar-refractivity contribution is -0.128. The van der Waals surface area contributed by atoms with Crippen molar-refractivity contribution in [3.63, 3.8) is 0 Å². The lowest BCUT2D eigenvalue weighted by Crippen LogP contribution is -2.40. The minimum atomic E-state index is -0.709. The average Bonchev–Trinajstić information content (AvgIpc) is 4.13. The van der Waals surface area contributed by atoms with Gasteiger partial charge < -0.3 is 25.2 Å². The Kier molecular flexibility index (Phi) is 20.5. The summed E-state index contributed by atoms with van der Waals surface area (Å²) in [5, 5.41) is 32.6. The minimum absolute atomic E-state index is 0.0644. The molecule has 2 amide bonds. The molecule has 5 N–H and O–H groups in total. The van der Waals surface area contributed by atoms with Crippen LogP contribution in [0, 0.1) is 48.5 Å². The van der Waals surface area contributed by atoms with E-state index in [0.717, 1.165) is 65.1 Å². The first-order chi connectivity index (χ1) is 35.7. The van der Waals surface area contributed by atoms with Gasteiger partial charge in [0.2, 0.25) is 0 Å². The molecular weight excluding hydrogens is 1030 g/mol. The fraction of sp³-hybridized carbons (Fsp3) is 0.393. The molecule has 0 aliphatic rings. The van der Waals surface area contributed by atoms with Crippen LogP contribution in [0.4, 0.5) is 5.69 Å². The highest BCUT2D eigenvalue weighted by molar-refractivity contribution is 6.38. The molecule has 4 aromatic carbocycles. The molecule has 0 aliphatic carbocycles. The summed E-state index contributed by atoms with van der Waals surface area (Å²) in [6.07, 6.45) is 4.86. The molecule has 400 valence electrons. The molecule has 8 aromatic rings. The van der Waals surface area contributed by atoms with Crippen molar-refractivity contribution in [3.05, 3.63) is 137 Å². The number of carbonyl (C=O) groups is 2. The first-order valence-corrected chi connectivity index (χ1v) is 26.8. The maximum absolute atomic E-state index is 13.0. The maximum Gasteiger partial charge on any atom is 0.265 e. The molecule has 75 heavy (non-hydrogen) atoms. The summed E-state index contributed by atoms with van der Waals surface area (Å²) in [4.78, 5) is 34.6. The quantitative estimate of drug-likeness (QED) is 0.0411. The predicted octanol–water partition coefficient (Wildman–Crippen LogP) is 13.9. The van der Waals surface area contributed by atoms with Crippen LogP contribution in [0.1, 0.15) is 123 Å². The largest absolute Gasteiger partial charge is 0.504 e. The summed E-state index contributed by atoms with van der Waals surface area (Å²) in [6, 6.07) is 21.4. The van der Waals surface area contributed by atoms with E-state index in [1.54, 1.807) is 9.26 Å². The highest BCUT2D eigenvalue weighted by atomic mass is 35.5. The first-order valence-electron chi connectivity index (χ1n) is 25.3. The van der Waals surface area contributed by atoms with E-state index in [0.29, 0.717) is 75.1 Å². The number of nitrogens with zero attached hydrogens (tertiary/aromatic N) is 6. The van der Waals surface area contributed by atoms with Gasteiger partial charge in [-0.2, -0.15) is 9.26 Å². The fourth-order valence-corrected chi connectivity index (χ4v) is 9.15. The predicted molar refractivity (Wildman–Crippen MR) is 302 cm³/mol. The molecule has 8 rings (SSSR count). The number of hydrogen-bond donors (Lipinski definition) is 5. The number of unbranched alkanes of at least 4 members (excludes halogenated alkanes) is 3. The minimum Gasteiger partial charge on any atom is -0.504 e. The Bertz CT molecular complexity index is 3240. The number of ether oxygens (including phenoxy) is 2. The van der Waals surface area contributed by atoms with Gasteiger partial charge in [-0.1, -0.05) is 159 Å². The van der Waals surface area contributed by atoms with E-state index in [1.165, 1.54) is 17.2 Å². The zero-order valence-corrected chi connectivity index (χ0v) is 47.5. The number of halogens is 4. The lowest BCUT2D eigenvalue weighted by Gasteiger charge is -2.21. The molecule has 3 unspecified atom stereocenters. The molecule has 0 radical (unpaired) electrons. The highest BCUT2D eigenvalue weighted by Crippen LogP contribution is 2.40. The summed E-state index contributed by atoms with van der Waals surface area (Å²) in [7, 11) is 0. The third-order valence-corrected chi connectivity index (χ3v) is 14.2. The highest BCUT2D eigenvalue weighted by Gasteiger charge is 2.25. The SMILES string of the molecule is CCCCCCC(Oc1ccc(C)cc1C)C(=O)NCC(C)c1nc2c(Cl)c(C)[nH]n2n1.CCc1c(Cl)cc(NC(=O)C(CC)Oc2ccc(C)cc2C)c(O)c1Cl.Cc1ccc(-c2nc3c(Cl)c(C)[nH]n3n2)cc1. The van der Waals surface area contributed by atoms with Crippen molar-refractivity contribution < 1.29 is 24.2 Å². The van der Waals surface area contributed by atoms with Crippen LogP contribution in [0.5, 0.6) is 17.2 Å². The van der Waals surface area contributed by atoms with Crippen molar-refractivity contribution in [2.45, 2.75) is 139 Å². The van der Waals surface area contributed by atoms with Crippen molar-refractivity contribution in [2.24, 2.45) is 0 Å². The zero-order chi connectivity index (χ0) is 54.7. The van der Waals surface area contributed by atoms with Gasteiger partial charge in [-0.15, -0.1) is 10.2 Å². The Morgan fingerprint density at radius 3 is 1.77 bits per heavy atom. The number of H-pyrrole nitrogens is 2. The summed E-state index contributed by atoms with van der Waals surface area (Å²) in [5.41, 5.74) is 10.3. The molecule has 0 bridgehead atoms. The standard InChI is InChI=1S/C24H34ClN5O2.C20H23Cl2NO3.C12H11ClN4/c1-6-7-8-9-10-20(32-19-12-11-15(2)13-16(19)3)24(31)26-14-17(4)22-27-23-21(25)18(5)28-30(23)29-22;1-5-13-14(21)10-15(19(24)18(13)22)23-20(25)16(6-2)26-17-8-7-11(3)9-12(17)4;1-7-3-5-9(6-4-7)11-14-12-10(13)8(2)15-17(12)16-11/h11-13,17,20,28H,6-10,14H2,1-5H3,(H,26,31);7-10,16,24H,5-6H2,1-4H3,(H,23,25);3-6,15H,1-2H3. The van der Waals surface area contributed by atoms with Gasteiger partial charge in [0.05, 0.1) is 22.1 Å². The normalized spacial score (nSPS) is 12.4. The van der Waals surface area contributed by atoms with Gasteiger partial charge in [-0.05, 0) is 109 Å². The number of phenolic OH excluding ortho intramolecular Hbond substituents is 1. The molecule has 15 nitrogen and oxygen atoms in total. The summed E-state index contributed by atoms with van der Waals surface area (Å²) in [5.74, 6) is 1.99. The number of phenols is 1. The molecule has 4 heterocycles. The number of hydrogen-bond acceptors (Lipinski definition) is 9. The first kappa shape index (κ1) is 58.0. The summed E-state index contributed by atoms with van der Waals surface area (Å²) in [6.45, 7) is 22.1. The number of aryl methyl sites for hydroxylation is 7. The zero-order valence-electron chi connectivity index (χ0n) is 44.5. The summed E-state index contributed by atoms with van der Waals surface area (Å²) < 4.78 is 15.2. The van der Waals surface area contributed by atoms with Crippen LogP contribution in [-0.2, 0) is 16.0 Å². The molecule has 3 atom stereocenters. The molecule has 0 aliphatic heterocycles. The van der Waals surface area contributed by atoms with E-state index < -0.39 is 12.2 Å². The fourth-order valence-electron chi connectivity index (χ4n) is 8.10. The number of aromatic nitrogens is 8. The molecule has 0 spiro atoms. The van der Waals surface area contributed by atoms with Crippen molar-refractivity contribution in [1.82, 2.24) is 44.9 Å². The van der Waals surface area contributed by atoms with Crippen molar-refractivity contribution >= 4 is 75.2 Å². The van der Waals surface area contributed by atoms with E-state index >= 15 is 0 Å².